The summed E-state index contributed by atoms with van der Waals surface area (Å²) in [6.45, 7) is 4.48. The van der Waals surface area contributed by atoms with Gasteiger partial charge in [-0.05, 0) is 30.0 Å². The standard InChI is InChI=1S/C14H21N3O3S/c1-11(2)7-9-16-14(18)17-10-8-12-3-5-13(6-4-12)21(15,19)20/h3-7,9,11H,8,10H2,1-2H3,(H2,15,19,20)(H2,16,17,18)/b9-7+. The number of hydrogen-bond acceptors (Lipinski definition) is 3. The molecule has 0 fully saturated rings. The summed E-state index contributed by atoms with van der Waals surface area (Å²) in [4.78, 5) is 11.5. The van der Waals surface area contributed by atoms with E-state index in [1.54, 1.807) is 18.3 Å². The first kappa shape index (κ1) is 17.2. The largest absolute Gasteiger partial charge is 0.338 e. The fraction of sp³-hybridized carbons (Fsp3) is 0.357. The van der Waals surface area contributed by atoms with E-state index >= 15 is 0 Å². The van der Waals surface area contributed by atoms with Crippen molar-refractivity contribution in [3.63, 3.8) is 0 Å². The zero-order valence-electron chi connectivity index (χ0n) is 12.2. The van der Waals surface area contributed by atoms with E-state index in [0.29, 0.717) is 18.9 Å². The molecule has 0 spiro atoms. The number of carbonyl (C=O) groups excluding carboxylic acids is 1. The number of primary sulfonamides is 1. The normalized spacial score (nSPS) is 11.8. The van der Waals surface area contributed by atoms with E-state index in [9.17, 15) is 13.2 Å². The van der Waals surface area contributed by atoms with Crippen LogP contribution in [0.2, 0.25) is 0 Å². The summed E-state index contributed by atoms with van der Waals surface area (Å²) < 4.78 is 22.2. The zero-order valence-corrected chi connectivity index (χ0v) is 13.0. The monoisotopic (exact) mass is 311 g/mol. The number of hydrogen-bond donors (Lipinski definition) is 3. The summed E-state index contributed by atoms with van der Waals surface area (Å²) in [6, 6.07) is 6.00. The summed E-state index contributed by atoms with van der Waals surface area (Å²) in [5, 5.41) is 10.3. The summed E-state index contributed by atoms with van der Waals surface area (Å²) >= 11 is 0. The van der Waals surface area contributed by atoms with E-state index in [2.05, 4.69) is 10.6 Å². The van der Waals surface area contributed by atoms with Crippen LogP contribution < -0.4 is 15.8 Å². The lowest BCUT2D eigenvalue weighted by atomic mass is 10.1. The Balaban J connectivity index is 2.38. The van der Waals surface area contributed by atoms with Gasteiger partial charge in [0.1, 0.15) is 0 Å². The Labute approximate surface area is 125 Å². The van der Waals surface area contributed by atoms with Crippen LogP contribution in [0.1, 0.15) is 19.4 Å². The summed E-state index contributed by atoms with van der Waals surface area (Å²) in [5.41, 5.74) is 0.917. The Hall–Kier alpha value is -1.86. The zero-order chi connectivity index (χ0) is 15.9. The van der Waals surface area contributed by atoms with Gasteiger partial charge in [-0.15, -0.1) is 0 Å². The number of nitrogens with one attached hydrogen (secondary N) is 2. The first-order valence-corrected chi connectivity index (χ1v) is 8.16. The highest BCUT2D eigenvalue weighted by atomic mass is 32.2. The lowest BCUT2D eigenvalue weighted by Gasteiger charge is -2.06. The Morgan fingerprint density at radius 2 is 1.90 bits per heavy atom. The van der Waals surface area contributed by atoms with E-state index in [1.165, 1.54) is 12.1 Å². The van der Waals surface area contributed by atoms with E-state index in [1.807, 2.05) is 19.9 Å². The molecule has 7 heteroatoms. The molecule has 0 aliphatic heterocycles. The third-order valence-electron chi connectivity index (χ3n) is 2.65. The predicted molar refractivity (Wildman–Crippen MR) is 82.0 cm³/mol. The van der Waals surface area contributed by atoms with Crippen LogP contribution >= 0.6 is 0 Å². The minimum absolute atomic E-state index is 0.0794. The van der Waals surface area contributed by atoms with Gasteiger partial charge in [-0.3, -0.25) is 0 Å². The van der Waals surface area contributed by atoms with Crippen LogP contribution in [0, 0.1) is 5.92 Å². The number of benzene rings is 1. The third kappa shape index (κ3) is 6.92. The van der Waals surface area contributed by atoms with E-state index in [4.69, 9.17) is 5.14 Å². The molecule has 0 radical (unpaired) electrons. The van der Waals surface area contributed by atoms with Gasteiger partial charge in [-0.2, -0.15) is 0 Å². The van der Waals surface area contributed by atoms with Crippen molar-refractivity contribution in [3.05, 3.63) is 42.1 Å². The molecule has 0 saturated carbocycles. The molecule has 1 aromatic carbocycles. The fourth-order valence-corrected chi connectivity index (χ4v) is 2.05. The van der Waals surface area contributed by atoms with Crippen LogP contribution in [0.15, 0.2) is 41.4 Å². The Morgan fingerprint density at radius 3 is 2.43 bits per heavy atom. The molecule has 0 aromatic heterocycles. The van der Waals surface area contributed by atoms with Crippen LogP contribution in [0.3, 0.4) is 0 Å². The number of urea groups is 1. The second kappa shape index (κ2) is 7.80. The van der Waals surface area contributed by atoms with Crippen molar-refractivity contribution < 1.29 is 13.2 Å². The van der Waals surface area contributed by atoms with Crippen molar-refractivity contribution in [2.45, 2.75) is 25.2 Å². The topological polar surface area (TPSA) is 101 Å². The van der Waals surface area contributed by atoms with Crippen molar-refractivity contribution >= 4 is 16.1 Å². The lowest BCUT2D eigenvalue weighted by molar-refractivity contribution is 0.244. The molecule has 1 rings (SSSR count). The van der Waals surface area contributed by atoms with Gasteiger partial charge in [0.15, 0.2) is 0 Å². The van der Waals surface area contributed by atoms with Gasteiger partial charge in [0.25, 0.3) is 0 Å². The number of rotatable bonds is 6. The smallest absolute Gasteiger partial charge is 0.318 e. The summed E-state index contributed by atoms with van der Waals surface area (Å²) in [5.74, 6) is 0.377. The minimum atomic E-state index is -3.66. The van der Waals surface area contributed by atoms with Crippen molar-refractivity contribution in [1.29, 1.82) is 0 Å². The molecule has 1 aromatic rings. The molecule has 0 saturated heterocycles. The summed E-state index contributed by atoms with van der Waals surface area (Å²) in [6.07, 6.45) is 4.10. The average Bonchev–Trinajstić information content (AvgIpc) is 2.38. The van der Waals surface area contributed by atoms with Crippen LogP contribution in [0.4, 0.5) is 4.79 Å². The minimum Gasteiger partial charge on any atom is -0.338 e. The first-order chi connectivity index (χ1) is 9.79. The summed E-state index contributed by atoms with van der Waals surface area (Å²) in [7, 11) is -3.66. The fourth-order valence-electron chi connectivity index (χ4n) is 1.53. The van der Waals surface area contributed by atoms with Crippen molar-refractivity contribution in [3.8, 4) is 0 Å². The highest BCUT2D eigenvalue weighted by Crippen LogP contribution is 2.08. The molecule has 21 heavy (non-hydrogen) atoms. The highest BCUT2D eigenvalue weighted by molar-refractivity contribution is 7.89. The predicted octanol–water partition coefficient (Wildman–Crippen LogP) is 1.35. The number of amides is 2. The van der Waals surface area contributed by atoms with Crippen molar-refractivity contribution in [2.24, 2.45) is 11.1 Å². The molecule has 0 unspecified atom stereocenters. The Kier molecular flexibility index (Phi) is 6.39. The molecular weight excluding hydrogens is 290 g/mol. The van der Waals surface area contributed by atoms with Crippen LogP contribution in [-0.4, -0.2) is 21.0 Å². The van der Waals surface area contributed by atoms with E-state index in [-0.39, 0.29) is 10.9 Å². The van der Waals surface area contributed by atoms with Gasteiger partial charge >= 0.3 is 6.03 Å². The maximum Gasteiger partial charge on any atom is 0.318 e. The Bertz CT molecular complexity index is 592. The van der Waals surface area contributed by atoms with Crippen LogP contribution in [-0.2, 0) is 16.4 Å². The van der Waals surface area contributed by atoms with E-state index in [0.717, 1.165) is 5.56 Å². The van der Waals surface area contributed by atoms with Gasteiger partial charge < -0.3 is 10.6 Å². The number of sulfonamides is 1. The van der Waals surface area contributed by atoms with Gasteiger partial charge in [0.05, 0.1) is 4.90 Å². The maximum atomic E-state index is 11.4. The second-order valence-electron chi connectivity index (χ2n) is 4.94. The maximum absolute atomic E-state index is 11.4. The third-order valence-corrected chi connectivity index (χ3v) is 3.58. The number of nitrogens with two attached hydrogens (primary N) is 1. The lowest BCUT2D eigenvalue weighted by Crippen LogP contribution is -2.33. The molecule has 0 heterocycles. The SMILES string of the molecule is CC(C)/C=C/NC(=O)NCCc1ccc(S(N)(=O)=O)cc1. The van der Waals surface area contributed by atoms with Crippen molar-refractivity contribution in [1.82, 2.24) is 10.6 Å². The molecule has 0 aliphatic carbocycles. The number of carbonyl (C=O) groups is 1. The first-order valence-electron chi connectivity index (χ1n) is 6.62. The highest BCUT2D eigenvalue weighted by Gasteiger charge is 2.06. The van der Waals surface area contributed by atoms with Gasteiger partial charge in [-0.25, -0.2) is 18.4 Å². The average molecular weight is 311 g/mol. The molecule has 0 bridgehead atoms. The molecule has 2 amide bonds. The van der Waals surface area contributed by atoms with Gasteiger partial charge in [-0.1, -0.05) is 32.1 Å². The molecule has 4 N–H and O–H groups in total. The molecule has 0 atom stereocenters. The van der Waals surface area contributed by atoms with Crippen LogP contribution in [0.25, 0.3) is 0 Å². The molecule has 116 valence electrons. The number of allylic oxidation sites excluding steroid dienone is 1. The van der Waals surface area contributed by atoms with Gasteiger partial charge in [0.2, 0.25) is 10.0 Å². The molecule has 6 nitrogen and oxygen atoms in total. The second-order valence-corrected chi connectivity index (χ2v) is 6.50. The molecular formula is C14H21N3O3S. The van der Waals surface area contributed by atoms with Crippen LogP contribution in [0.5, 0.6) is 0 Å². The Morgan fingerprint density at radius 1 is 1.29 bits per heavy atom. The van der Waals surface area contributed by atoms with E-state index < -0.39 is 10.0 Å². The molecule has 0 aliphatic rings. The van der Waals surface area contributed by atoms with Crippen molar-refractivity contribution in [2.75, 3.05) is 6.54 Å². The van der Waals surface area contributed by atoms with Gasteiger partial charge in [0, 0.05) is 12.7 Å². The quantitative estimate of drug-likeness (QED) is 0.739.